The van der Waals surface area contributed by atoms with E-state index in [0.717, 1.165) is 17.5 Å². The Hall–Kier alpha value is -2.29. The molecule has 0 spiro atoms. The molecule has 2 N–H and O–H groups in total. The van der Waals surface area contributed by atoms with E-state index in [0.29, 0.717) is 5.56 Å². The average Bonchev–Trinajstić information content (AvgIpc) is 2.39. The second-order valence-electron chi connectivity index (χ2n) is 4.70. The Bertz CT molecular complexity index is 573. The van der Waals surface area contributed by atoms with Gasteiger partial charge in [-0.15, -0.1) is 0 Å². The molecule has 98 valence electrons. The number of benzene rings is 2. The summed E-state index contributed by atoms with van der Waals surface area (Å²) in [5.74, 6) is -0.372. The van der Waals surface area contributed by atoms with Crippen LogP contribution in [0, 0.1) is 0 Å². The molecule has 0 radical (unpaired) electrons. The highest BCUT2D eigenvalue weighted by Crippen LogP contribution is 2.22. The van der Waals surface area contributed by atoms with E-state index in [1.54, 1.807) is 24.3 Å². The van der Waals surface area contributed by atoms with Crippen LogP contribution >= 0.6 is 0 Å². The van der Waals surface area contributed by atoms with Gasteiger partial charge in [0.05, 0.1) is 5.56 Å². The number of aromatic hydroxyl groups is 1. The Morgan fingerprint density at radius 2 is 1.84 bits per heavy atom. The first-order chi connectivity index (χ1) is 9.06. The Balaban J connectivity index is 2.11. The topological polar surface area (TPSA) is 57.5 Å². The molecule has 2 aromatic carbocycles. The summed E-state index contributed by atoms with van der Waals surface area (Å²) in [5.41, 5.74) is 2.46. The molecule has 3 heteroatoms. The lowest BCUT2D eigenvalue weighted by atomic mass is 9.93. The lowest BCUT2D eigenvalue weighted by Gasteiger charge is -2.12. The zero-order chi connectivity index (χ0) is 13.8. The summed E-state index contributed by atoms with van der Waals surface area (Å²) in [6, 6.07) is 14.1. The highest BCUT2D eigenvalue weighted by molar-refractivity contribution is 5.87. The van der Waals surface area contributed by atoms with Gasteiger partial charge in [-0.25, -0.2) is 4.79 Å². The number of carboxylic acid groups (broad SMARTS) is 1. The van der Waals surface area contributed by atoms with E-state index >= 15 is 0 Å². The summed E-state index contributed by atoms with van der Waals surface area (Å²) < 4.78 is 0. The number of hydrogen-bond donors (Lipinski definition) is 2. The molecular weight excluding hydrogens is 240 g/mol. The first-order valence-electron chi connectivity index (χ1n) is 6.17. The van der Waals surface area contributed by atoms with E-state index in [1.807, 2.05) is 24.3 Å². The first kappa shape index (κ1) is 13.1. The van der Waals surface area contributed by atoms with Crippen LogP contribution in [0.25, 0.3) is 0 Å². The molecule has 19 heavy (non-hydrogen) atoms. The third-order valence-corrected chi connectivity index (χ3v) is 3.18. The van der Waals surface area contributed by atoms with Crippen LogP contribution in [0.1, 0.15) is 34.3 Å². The van der Waals surface area contributed by atoms with Crippen molar-refractivity contribution >= 4 is 5.97 Å². The molecule has 1 unspecified atom stereocenters. The van der Waals surface area contributed by atoms with E-state index in [4.69, 9.17) is 5.11 Å². The fraction of sp³-hybridized carbons (Fsp3) is 0.188. The largest absolute Gasteiger partial charge is 0.508 e. The van der Waals surface area contributed by atoms with E-state index in [-0.39, 0.29) is 11.7 Å². The fourth-order valence-electron chi connectivity index (χ4n) is 2.11. The van der Waals surface area contributed by atoms with Crippen LogP contribution in [0.3, 0.4) is 0 Å². The van der Waals surface area contributed by atoms with Gasteiger partial charge in [0.25, 0.3) is 0 Å². The second kappa shape index (κ2) is 5.57. The standard InChI is InChI=1S/C16H16O3/c1-11(9-12-3-2-4-15(17)10-12)13-5-7-14(8-6-13)16(18)19/h2-8,10-11,17H,9H2,1H3,(H,18,19). The molecule has 0 aliphatic carbocycles. The Morgan fingerprint density at radius 1 is 1.16 bits per heavy atom. The molecule has 0 aliphatic heterocycles. The highest BCUT2D eigenvalue weighted by atomic mass is 16.4. The predicted octanol–water partition coefficient (Wildman–Crippen LogP) is 3.44. The molecule has 0 fully saturated rings. The van der Waals surface area contributed by atoms with Gasteiger partial charge >= 0.3 is 5.97 Å². The maximum absolute atomic E-state index is 10.8. The highest BCUT2D eigenvalue weighted by Gasteiger charge is 2.09. The molecule has 0 amide bonds. The first-order valence-corrected chi connectivity index (χ1v) is 6.17. The van der Waals surface area contributed by atoms with Crippen molar-refractivity contribution in [3.8, 4) is 5.75 Å². The summed E-state index contributed by atoms with van der Waals surface area (Å²) in [7, 11) is 0. The monoisotopic (exact) mass is 256 g/mol. The minimum Gasteiger partial charge on any atom is -0.508 e. The molecule has 0 bridgehead atoms. The summed E-state index contributed by atoms with van der Waals surface area (Å²) in [5, 5.41) is 18.3. The van der Waals surface area contributed by atoms with Crippen LogP contribution in [0.5, 0.6) is 5.75 Å². The Morgan fingerprint density at radius 3 is 2.42 bits per heavy atom. The summed E-state index contributed by atoms with van der Waals surface area (Å²) in [6.07, 6.45) is 0.806. The van der Waals surface area contributed by atoms with Gasteiger partial charge in [0.1, 0.15) is 5.75 Å². The average molecular weight is 256 g/mol. The number of carbonyl (C=O) groups is 1. The quantitative estimate of drug-likeness (QED) is 0.881. The zero-order valence-electron chi connectivity index (χ0n) is 10.7. The van der Waals surface area contributed by atoms with E-state index in [9.17, 15) is 9.90 Å². The lowest BCUT2D eigenvalue weighted by Crippen LogP contribution is -2.00. The van der Waals surface area contributed by atoms with E-state index in [2.05, 4.69) is 6.92 Å². The van der Waals surface area contributed by atoms with Crippen molar-refractivity contribution in [3.05, 3.63) is 65.2 Å². The normalized spacial score (nSPS) is 12.1. The van der Waals surface area contributed by atoms with Crippen LogP contribution in [0.15, 0.2) is 48.5 Å². The van der Waals surface area contributed by atoms with Crippen LogP contribution < -0.4 is 0 Å². The molecular formula is C16H16O3. The van der Waals surface area contributed by atoms with Gasteiger partial charge in [-0.3, -0.25) is 0 Å². The van der Waals surface area contributed by atoms with Gasteiger partial charge in [-0.1, -0.05) is 31.2 Å². The Labute approximate surface area is 112 Å². The van der Waals surface area contributed by atoms with Crippen LogP contribution in [-0.2, 0) is 6.42 Å². The number of carboxylic acids is 1. The second-order valence-corrected chi connectivity index (χ2v) is 4.70. The summed E-state index contributed by atoms with van der Waals surface area (Å²) in [6.45, 7) is 2.08. The van der Waals surface area contributed by atoms with Gasteiger partial charge in [-0.2, -0.15) is 0 Å². The molecule has 2 rings (SSSR count). The van der Waals surface area contributed by atoms with Crippen molar-refractivity contribution in [2.75, 3.05) is 0 Å². The number of phenolic OH excluding ortho intramolecular Hbond substituents is 1. The van der Waals surface area contributed by atoms with Gasteiger partial charge in [0.15, 0.2) is 0 Å². The van der Waals surface area contributed by atoms with Crippen molar-refractivity contribution in [2.45, 2.75) is 19.3 Å². The van der Waals surface area contributed by atoms with Crippen molar-refractivity contribution in [1.29, 1.82) is 0 Å². The predicted molar refractivity (Wildman–Crippen MR) is 73.6 cm³/mol. The number of aromatic carboxylic acids is 1. The molecule has 3 nitrogen and oxygen atoms in total. The van der Waals surface area contributed by atoms with Crippen LogP contribution in [-0.4, -0.2) is 16.2 Å². The molecule has 0 aromatic heterocycles. The van der Waals surface area contributed by atoms with Crippen LogP contribution in [0.4, 0.5) is 0 Å². The van der Waals surface area contributed by atoms with Crippen LogP contribution in [0.2, 0.25) is 0 Å². The number of phenols is 1. The summed E-state index contributed by atoms with van der Waals surface area (Å²) in [4.78, 5) is 10.8. The number of hydrogen-bond acceptors (Lipinski definition) is 2. The fourth-order valence-corrected chi connectivity index (χ4v) is 2.11. The Kier molecular flexibility index (Phi) is 3.85. The molecule has 0 heterocycles. The van der Waals surface area contributed by atoms with E-state index in [1.165, 1.54) is 0 Å². The SMILES string of the molecule is CC(Cc1cccc(O)c1)c1ccc(C(=O)O)cc1. The molecule has 0 saturated carbocycles. The number of rotatable bonds is 4. The van der Waals surface area contributed by atoms with Crippen molar-refractivity contribution in [1.82, 2.24) is 0 Å². The molecule has 0 aliphatic rings. The minimum absolute atomic E-state index is 0.268. The van der Waals surface area contributed by atoms with Gasteiger partial charge in [0, 0.05) is 0 Å². The van der Waals surface area contributed by atoms with Gasteiger partial charge < -0.3 is 10.2 Å². The maximum atomic E-state index is 10.8. The molecule has 2 aromatic rings. The molecule has 0 saturated heterocycles. The third-order valence-electron chi connectivity index (χ3n) is 3.18. The lowest BCUT2D eigenvalue weighted by molar-refractivity contribution is 0.0697. The molecule has 1 atom stereocenters. The zero-order valence-corrected chi connectivity index (χ0v) is 10.7. The maximum Gasteiger partial charge on any atom is 0.335 e. The van der Waals surface area contributed by atoms with Crippen molar-refractivity contribution in [3.63, 3.8) is 0 Å². The van der Waals surface area contributed by atoms with Gasteiger partial charge in [-0.05, 0) is 47.7 Å². The minimum atomic E-state index is -0.910. The smallest absolute Gasteiger partial charge is 0.335 e. The van der Waals surface area contributed by atoms with E-state index < -0.39 is 5.97 Å². The van der Waals surface area contributed by atoms with Crippen molar-refractivity contribution in [2.24, 2.45) is 0 Å². The van der Waals surface area contributed by atoms with Gasteiger partial charge in [0.2, 0.25) is 0 Å². The third kappa shape index (κ3) is 3.35. The summed E-state index contributed by atoms with van der Waals surface area (Å²) >= 11 is 0. The van der Waals surface area contributed by atoms with Crippen molar-refractivity contribution < 1.29 is 15.0 Å².